The molecule has 0 radical (unpaired) electrons. The first-order valence-corrected chi connectivity index (χ1v) is 11.5. The predicted molar refractivity (Wildman–Crippen MR) is 126 cm³/mol. The van der Waals surface area contributed by atoms with Gasteiger partial charge < -0.3 is 4.90 Å². The van der Waals surface area contributed by atoms with Gasteiger partial charge in [0.15, 0.2) is 0 Å². The molecule has 1 amide bonds. The van der Waals surface area contributed by atoms with Gasteiger partial charge in [-0.05, 0) is 73.2 Å². The Morgan fingerprint density at radius 3 is 2.29 bits per heavy atom. The van der Waals surface area contributed by atoms with Gasteiger partial charge in [-0.1, -0.05) is 54.7 Å². The van der Waals surface area contributed by atoms with Crippen LogP contribution in [-0.2, 0) is 0 Å². The Kier molecular flexibility index (Phi) is 6.57. The van der Waals surface area contributed by atoms with Crippen LogP contribution in [0.15, 0.2) is 83.1 Å². The predicted octanol–water partition coefficient (Wildman–Crippen LogP) is 6.97. The summed E-state index contributed by atoms with van der Waals surface area (Å²) in [4.78, 5) is 16.9. The number of hydrogen-bond acceptors (Lipinski definition) is 2. The smallest absolute Gasteiger partial charge is 0.253 e. The van der Waals surface area contributed by atoms with Gasteiger partial charge in [0.25, 0.3) is 5.91 Å². The first kappa shape index (κ1) is 21.4. The standard InChI is InChI=1S/C27H26FNOS/c1-19-18-21(27(30)29-16-8-3-9-17-29)14-15-25(19)31-26-13-7-5-11-23(26)20(2)22-10-4-6-12-24(22)28/h4-7,10-15,18H,2-3,8-9,16-17H2,1H3. The summed E-state index contributed by atoms with van der Waals surface area (Å²) >= 11 is 1.62. The van der Waals surface area contributed by atoms with Crippen LogP contribution in [0.2, 0.25) is 0 Å². The quantitative estimate of drug-likeness (QED) is 0.435. The number of carbonyl (C=O) groups is 1. The Balaban J connectivity index is 1.58. The van der Waals surface area contributed by atoms with Crippen molar-refractivity contribution in [1.29, 1.82) is 0 Å². The third kappa shape index (κ3) is 4.75. The van der Waals surface area contributed by atoms with E-state index < -0.39 is 0 Å². The molecular weight excluding hydrogens is 405 g/mol. The molecule has 1 saturated heterocycles. The molecule has 1 heterocycles. The monoisotopic (exact) mass is 431 g/mol. The first-order chi connectivity index (χ1) is 15.0. The Hall–Kier alpha value is -2.85. The van der Waals surface area contributed by atoms with Gasteiger partial charge in [-0.25, -0.2) is 4.39 Å². The van der Waals surface area contributed by atoms with E-state index in [1.54, 1.807) is 23.9 Å². The van der Waals surface area contributed by atoms with Crippen LogP contribution in [0.3, 0.4) is 0 Å². The molecule has 2 nitrogen and oxygen atoms in total. The molecule has 0 spiro atoms. The Morgan fingerprint density at radius 1 is 0.903 bits per heavy atom. The van der Waals surface area contributed by atoms with Gasteiger partial charge in [0.05, 0.1) is 0 Å². The van der Waals surface area contributed by atoms with Gasteiger partial charge >= 0.3 is 0 Å². The van der Waals surface area contributed by atoms with Crippen molar-refractivity contribution in [3.63, 3.8) is 0 Å². The summed E-state index contributed by atoms with van der Waals surface area (Å²) in [6, 6.07) is 20.5. The highest BCUT2D eigenvalue weighted by Gasteiger charge is 2.19. The molecular formula is C27H26FNOS. The lowest BCUT2D eigenvalue weighted by Gasteiger charge is -2.27. The lowest BCUT2D eigenvalue weighted by molar-refractivity contribution is 0.0724. The molecule has 3 aromatic rings. The van der Waals surface area contributed by atoms with Crippen molar-refractivity contribution < 1.29 is 9.18 Å². The molecule has 0 atom stereocenters. The molecule has 0 saturated carbocycles. The topological polar surface area (TPSA) is 20.3 Å². The van der Waals surface area contributed by atoms with Crippen LogP contribution in [0.1, 0.15) is 46.3 Å². The number of carbonyl (C=O) groups excluding carboxylic acids is 1. The highest BCUT2D eigenvalue weighted by atomic mass is 32.2. The second kappa shape index (κ2) is 9.52. The van der Waals surface area contributed by atoms with Crippen molar-refractivity contribution in [1.82, 2.24) is 4.90 Å². The summed E-state index contributed by atoms with van der Waals surface area (Å²) < 4.78 is 14.3. The normalized spacial score (nSPS) is 13.8. The molecule has 4 rings (SSSR count). The summed E-state index contributed by atoms with van der Waals surface area (Å²) in [6.45, 7) is 7.89. The summed E-state index contributed by atoms with van der Waals surface area (Å²) in [5, 5.41) is 0. The zero-order valence-corrected chi connectivity index (χ0v) is 18.6. The maximum Gasteiger partial charge on any atom is 0.253 e. The van der Waals surface area contributed by atoms with E-state index in [1.165, 1.54) is 12.5 Å². The number of piperidine rings is 1. The van der Waals surface area contributed by atoms with Crippen molar-refractivity contribution in [2.24, 2.45) is 0 Å². The van der Waals surface area contributed by atoms with E-state index in [-0.39, 0.29) is 11.7 Å². The molecule has 158 valence electrons. The maximum atomic E-state index is 14.3. The zero-order chi connectivity index (χ0) is 21.8. The minimum absolute atomic E-state index is 0.118. The second-order valence-electron chi connectivity index (χ2n) is 7.89. The summed E-state index contributed by atoms with van der Waals surface area (Å²) in [6.07, 6.45) is 3.37. The van der Waals surface area contributed by atoms with Crippen LogP contribution in [-0.4, -0.2) is 23.9 Å². The number of hydrogen-bond donors (Lipinski definition) is 0. The maximum absolute atomic E-state index is 14.3. The van der Waals surface area contributed by atoms with E-state index in [0.717, 1.165) is 52.4 Å². The zero-order valence-electron chi connectivity index (χ0n) is 17.7. The highest BCUT2D eigenvalue weighted by Crippen LogP contribution is 2.37. The third-order valence-electron chi connectivity index (χ3n) is 5.70. The summed E-state index contributed by atoms with van der Waals surface area (Å²) in [7, 11) is 0. The van der Waals surface area contributed by atoms with Crippen LogP contribution in [0.5, 0.6) is 0 Å². The molecule has 0 bridgehead atoms. The molecule has 1 fully saturated rings. The minimum atomic E-state index is -0.274. The third-order valence-corrected chi connectivity index (χ3v) is 6.95. The van der Waals surface area contributed by atoms with E-state index in [9.17, 15) is 9.18 Å². The van der Waals surface area contributed by atoms with E-state index in [2.05, 4.69) is 6.58 Å². The minimum Gasteiger partial charge on any atom is -0.339 e. The number of benzene rings is 3. The van der Waals surface area contributed by atoms with Crippen LogP contribution >= 0.6 is 11.8 Å². The molecule has 0 aliphatic carbocycles. The van der Waals surface area contributed by atoms with Crippen LogP contribution in [0.25, 0.3) is 5.57 Å². The Morgan fingerprint density at radius 2 is 1.58 bits per heavy atom. The molecule has 1 aliphatic rings. The van der Waals surface area contributed by atoms with Gasteiger partial charge in [-0.3, -0.25) is 4.79 Å². The first-order valence-electron chi connectivity index (χ1n) is 10.7. The van der Waals surface area contributed by atoms with Gasteiger partial charge in [0.2, 0.25) is 0 Å². The fraction of sp³-hybridized carbons (Fsp3) is 0.222. The molecule has 31 heavy (non-hydrogen) atoms. The number of aryl methyl sites for hydroxylation is 1. The number of nitrogens with zero attached hydrogens (tertiary/aromatic N) is 1. The van der Waals surface area contributed by atoms with Crippen molar-refractivity contribution in [2.45, 2.75) is 36.0 Å². The Bertz CT molecular complexity index is 1120. The van der Waals surface area contributed by atoms with Crippen LogP contribution in [0.4, 0.5) is 4.39 Å². The summed E-state index contributed by atoms with van der Waals surface area (Å²) in [5.41, 5.74) is 3.88. The molecule has 3 aromatic carbocycles. The van der Waals surface area contributed by atoms with Crippen molar-refractivity contribution in [3.05, 3.63) is 101 Å². The molecule has 1 aliphatic heterocycles. The average molecular weight is 432 g/mol. The molecule has 0 N–H and O–H groups in total. The van der Waals surface area contributed by atoms with Gasteiger partial charge in [-0.15, -0.1) is 0 Å². The van der Waals surface area contributed by atoms with Crippen LogP contribution < -0.4 is 0 Å². The van der Waals surface area contributed by atoms with Crippen molar-refractivity contribution >= 4 is 23.2 Å². The lowest BCUT2D eigenvalue weighted by Crippen LogP contribution is -2.35. The van der Waals surface area contributed by atoms with Gasteiger partial charge in [0, 0.05) is 34.0 Å². The average Bonchev–Trinajstić information content (AvgIpc) is 2.81. The number of rotatable bonds is 5. The lowest BCUT2D eigenvalue weighted by atomic mass is 9.99. The number of halogens is 1. The van der Waals surface area contributed by atoms with Gasteiger partial charge in [0.1, 0.15) is 5.82 Å². The molecule has 4 heteroatoms. The van der Waals surface area contributed by atoms with Crippen molar-refractivity contribution in [2.75, 3.05) is 13.1 Å². The van der Waals surface area contributed by atoms with E-state index in [0.29, 0.717) is 11.1 Å². The van der Waals surface area contributed by atoms with Crippen LogP contribution in [0, 0.1) is 12.7 Å². The largest absolute Gasteiger partial charge is 0.339 e. The highest BCUT2D eigenvalue weighted by molar-refractivity contribution is 7.99. The fourth-order valence-corrected chi connectivity index (χ4v) is 4.99. The molecule has 0 aromatic heterocycles. The molecule has 0 unspecified atom stereocenters. The number of likely N-dealkylation sites (tertiary alicyclic amines) is 1. The second-order valence-corrected chi connectivity index (χ2v) is 8.97. The van der Waals surface area contributed by atoms with E-state index >= 15 is 0 Å². The SMILES string of the molecule is C=C(c1ccccc1F)c1ccccc1Sc1ccc(C(=O)N2CCCCC2)cc1C. The Labute approximate surface area is 187 Å². The van der Waals surface area contributed by atoms with Gasteiger partial charge in [-0.2, -0.15) is 0 Å². The van der Waals surface area contributed by atoms with E-state index in [4.69, 9.17) is 0 Å². The van der Waals surface area contributed by atoms with E-state index in [1.807, 2.05) is 60.4 Å². The fourth-order valence-electron chi connectivity index (χ4n) is 3.95. The number of amides is 1. The van der Waals surface area contributed by atoms with Crippen molar-refractivity contribution in [3.8, 4) is 0 Å². The summed E-state index contributed by atoms with van der Waals surface area (Å²) in [5.74, 6) is -0.156.